The van der Waals surface area contributed by atoms with Crippen LogP contribution in [0.4, 0.5) is 5.82 Å². The lowest BCUT2D eigenvalue weighted by Gasteiger charge is -2.06. The monoisotopic (exact) mass is 231 g/mol. The predicted molar refractivity (Wildman–Crippen MR) is 67.5 cm³/mol. The highest BCUT2D eigenvalue weighted by Gasteiger charge is 2.10. The molecule has 0 spiro atoms. The Morgan fingerprint density at radius 2 is 2.00 bits per heavy atom. The smallest absolute Gasteiger partial charge is 0.159 e. The predicted octanol–water partition coefficient (Wildman–Crippen LogP) is 2.02. The van der Waals surface area contributed by atoms with Crippen LogP contribution in [-0.4, -0.2) is 26.3 Å². The second-order valence-electron chi connectivity index (χ2n) is 4.00. The molecule has 0 unspecified atom stereocenters. The van der Waals surface area contributed by atoms with Crippen LogP contribution in [0.2, 0.25) is 0 Å². The summed E-state index contributed by atoms with van der Waals surface area (Å²) >= 11 is 0. The van der Waals surface area contributed by atoms with Gasteiger partial charge >= 0.3 is 0 Å². The molecule has 1 N–H and O–H groups in total. The van der Waals surface area contributed by atoms with E-state index in [2.05, 4.69) is 27.3 Å². The summed E-state index contributed by atoms with van der Waals surface area (Å²) in [5.41, 5.74) is 3.35. The lowest BCUT2D eigenvalue weighted by molar-refractivity contribution is 0.800. The van der Waals surface area contributed by atoms with E-state index in [1.165, 1.54) is 5.56 Å². The molecule has 5 nitrogen and oxygen atoms in total. The number of aryl methyl sites for hydroxylation is 1. The van der Waals surface area contributed by atoms with Crippen LogP contribution in [0, 0.1) is 20.8 Å². The van der Waals surface area contributed by atoms with Crippen molar-refractivity contribution in [2.75, 3.05) is 11.9 Å². The number of rotatable bonds is 3. The maximum Gasteiger partial charge on any atom is 0.159 e. The van der Waals surface area contributed by atoms with Gasteiger partial charge in [0.1, 0.15) is 12.1 Å². The Labute approximate surface area is 101 Å². The molecule has 0 aliphatic heterocycles. The minimum absolute atomic E-state index is 0.796. The van der Waals surface area contributed by atoms with Crippen LogP contribution in [-0.2, 0) is 0 Å². The van der Waals surface area contributed by atoms with E-state index in [0.717, 1.165) is 29.6 Å². The number of aromatic nitrogens is 4. The average Bonchev–Trinajstić information content (AvgIpc) is 2.58. The fraction of sp³-hybridized carbons (Fsp3) is 0.417. The minimum Gasteiger partial charge on any atom is -0.370 e. The normalized spacial score (nSPS) is 10.6. The summed E-state index contributed by atoms with van der Waals surface area (Å²) in [7, 11) is 0. The van der Waals surface area contributed by atoms with Crippen LogP contribution in [0.1, 0.15) is 23.9 Å². The number of nitrogens with zero attached hydrogens (tertiary/aromatic N) is 4. The van der Waals surface area contributed by atoms with Crippen molar-refractivity contribution < 1.29 is 0 Å². The molecule has 0 radical (unpaired) electrons. The summed E-state index contributed by atoms with van der Waals surface area (Å²) in [5.74, 6) is 1.62. The molecule has 0 aliphatic rings. The SMILES string of the molecule is CCNc1cc(-n2nc(C)c(C)c2C)ncn1. The lowest BCUT2D eigenvalue weighted by Crippen LogP contribution is -2.05. The van der Waals surface area contributed by atoms with Gasteiger partial charge in [-0.05, 0) is 33.3 Å². The van der Waals surface area contributed by atoms with Crippen molar-refractivity contribution >= 4 is 5.82 Å². The summed E-state index contributed by atoms with van der Waals surface area (Å²) in [6.07, 6.45) is 1.55. The Morgan fingerprint density at radius 1 is 1.24 bits per heavy atom. The van der Waals surface area contributed by atoms with Crippen molar-refractivity contribution in [1.82, 2.24) is 19.7 Å². The summed E-state index contributed by atoms with van der Waals surface area (Å²) in [4.78, 5) is 8.41. The lowest BCUT2D eigenvalue weighted by atomic mass is 10.2. The molecule has 0 fully saturated rings. The van der Waals surface area contributed by atoms with Crippen LogP contribution >= 0.6 is 0 Å². The second kappa shape index (κ2) is 4.53. The van der Waals surface area contributed by atoms with E-state index in [9.17, 15) is 0 Å². The molecular formula is C12H17N5. The van der Waals surface area contributed by atoms with Gasteiger partial charge in [0.15, 0.2) is 5.82 Å². The van der Waals surface area contributed by atoms with Gasteiger partial charge in [-0.3, -0.25) is 0 Å². The Bertz CT molecular complexity index is 530. The van der Waals surface area contributed by atoms with Crippen molar-refractivity contribution in [1.29, 1.82) is 0 Å². The van der Waals surface area contributed by atoms with Crippen molar-refractivity contribution in [3.8, 4) is 5.82 Å². The zero-order chi connectivity index (χ0) is 12.4. The van der Waals surface area contributed by atoms with Gasteiger partial charge in [0.2, 0.25) is 0 Å². The second-order valence-corrected chi connectivity index (χ2v) is 4.00. The van der Waals surface area contributed by atoms with Crippen LogP contribution in [0.15, 0.2) is 12.4 Å². The number of anilines is 1. The first-order chi connectivity index (χ1) is 8.13. The molecule has 2 aromatic rings. The van der Waals surface area contributed by atoms with Gasteiger partial charge in [-0.25, -0.2) is 14.6 Å². The maximum atomic E-state index is 4.48. The molecule has 0 saturated carbocycles. The molecule has 90 valence electrons. The summed E-state index contributed by atoms with van der Waals surface area (Å²) in [6.45, 7) is 9.00. The average molecular weight is 231 g/mol. The molecular weight excluding hydrogens is 214 g/mol. The van der Waals surface area contributed by atoms with Gasteiger partial charge in [-0.2, -0.15) is 5.10 Å². The van der Waals surface area contributed by atoms with Crippen LogP contribution in [0.3, 0.4) is 0 Å². The van der Waals surface area contributed by atoms with Crippen molar-refractivity contribution in [2.45, 2.75) is 27.7 Å². The van der Waals surface area contributed by atoms with Crippen molar-refractivity contribution in [3.05, 3.63) is 29.3 Å². The third kappa shape index (κ3) is 2.13. The third-order valence-electron chi connectivity index (χ3n) is 2.88. The van der Waals surface area contributed by atoms with Crippen LogP contribution < -0.4 is 5.32 Å². The molecule has 0 atom stereocenters. The fourth-order valence-corrected chi connectivity index (χ4v) is 1.68. The van der Waals surface area contributed by atoms with Crippen molar-refractivity contribution in [2.24, 2.45) is 0 Å². The number of hydrogen-bond donors (Lipinski definition) is 1. The first-order valence-electron chi connectivity index (χ1n) is 5.72. The van der Waals surface area contributed by atoms with Gasteiger partial charge < -0.3 is 5.32 Å². The quantitative estimate of drug-likeness (QED) is 0.878. The van der Waals surface area contributed by atoms with E-state index in [1.807, 2.05) is 31.5 Å². The highest BCUT2D eigenvalue weighted by atomic mass is 15.3. The first-order valence-corrected chi connectivity index (χ1v) is 5.72. The maximum absolute atomic E-state index is 4.48. The van der Waals surface area contributed by atoms with Gasteiger partial charge in [0.25, 0.3) is 0 Å². The zero-order valence-corrected chi connectivity index (χ0v) is 10.7. The van der Waals surface area contributed by atoms with E-state index in [4.69, 9.17) is 0 Å². The molecule has 2 rings (SSSR count). The topological polar surface area (TPSA) is 55.6 Å². The Balaban J connectivity index is 2.45. The molecule has 5 heteroatoms. The molecule has 0 bridgehead atoms. The first kappa shape index (κ1) is 11.6. The summed E-state index contributed by atoms with van der Waals surface area (Å²) in [5, 5.41) is 7.65. The molecule has 0 aliphatic carbocycles. The largest absolute Gasteiger partial charge is 0.370 e. The van der Waals surface area contributed by atoms with Crippen LogP contribution in [0.25, 0.3) is 5.82 Å². The highest BCUT2D eigenvalue weighted by Crippen LogP contribution is 2.16. The standard InChI is InChI=1S/C12H17N5/c1-5-13-11-6-12(15-7-14-11)17-10(4)8(2)9(3)16-17/h6-7H,5H2,1-4H3,(H,13,14,15). The van der Waals surface area contributed by atoms with Gasteiger partial charge in [-0.15, -0.1) is 0 Å². The van der Waals surface area contributed by atoms with E-state index < -0.39 is 0 Å². The van der Waals surface area contributed by atoms with Gasteiger partial charge in [0.05, 0.1) is 5.69 Å². The molecule has 0 amide bonds. The van der Waals surface area contributed by atoms with Gasteiger partial charge in [0, 0.05) is 18.3 Å². The Morgan fingerprint density at radius 3 is 2.59 bits per heavy atom. The van der Waals surface area contributed by atoms with E-state index in [-0.39, 0.29) is 0 Å². The molecule has 17 heavy (non-hydrogen) atoms. The number of nitrogens with one attached hydrogen (secondary N) is 1. The van der Waals surface area contributed by atoms with Crippen LogP contribution in [0.5, 0.6) is 0 Å². The fourth-order valence-electron chi connectivity index (χ4n) is 1.68. The number of hydrogen-bond acceptors (Lipinski definition) is 4. The highest BCUT2D eigenvalue weighted by molar-refractivity contribution is 5.41. The summed E-state index contributed by atoms with van der Waals surface area (Å²) in [6, 6.07) is 1.91. The van der Waals surface area contributed by atoms with E-state index in [0.29, 0.717) is 0 Å². The van der Waals surface area contributed by atoms with E-state index >= 15 is 0 Å². The Hall–Kier alpha value is -1.91. The van der Waals surface area contributed by atoms with E-state index in [1.54, 1.807) is 6.33 Å². The molecule has 2 heterocycles. The molecule has 2 aromatic heterocycles. The molecule has 0 saturated heterocycles. The van der Waals surface area contributed by atoms with Crippen molar-refractivity contribution in [3.63, 3.8) is 0 Å². The zero-order valence-electron chi connectivity index (χ0n) is 10.7. The Kier molecular flexibility index (Phi) is 3.08. The minimum atomic E-state index is 0.796. The summed E-state index contributed by atoms with van der Waals surface area (Å²) < 4.78 is 1.85. The molecule has 0 aromatic carbocycles. The third-order valence-corrected chi connectivity index (χ3v) is 2.88. The van der Waals surface area contributed by atoms with Gasteiger partial charge in [-0.1, -0.05) is 0 Å².